The maximum Gasteiger partial charge on any atom is 0.244 e. The Bertz CT molecular complexity index is 788. The van der Waals surface area contributed by atoms with E-state index in [4.69, 9.17) is 15.0 Å². The van der Waals surface area contributed by atoms with Crippen LogP contribution in [0.3, 0.4) is 0 Å². The molecule has 132 valence electrons. The van der Waals surface area contributed by atoms with Gasteiger partial charge < -0.3 is 19.9 Å². The van der Waals surface area contributed by atoms with Crippen molar-refractivity contribution >= 4 is 12.1 Å². The molecule has 0 amide bonds. The minimum absolute atomic E-state index is 0.333. The average molecular weight is 349 g/mol. The van der Waals surface area contributed by atoms with Crippen molar-refractivity contribution in [2.24, 2.45) is 10.7 Å². The molecule has 0 spiro atoms. The fourth-order valence-electron chi connectivity index (χ4n) is 2.33. The van der Waals surface area contributed by atoms with Crippen molar-refractivity contribution in [1.82, 2.24) is 10.5 Å². The first-order valence-electron chi connectivity index (χ1n) is 7.46. The lowest BCUT2D eigenvalue weighted by Crippen LogP contribution is -2.55. The molecule has 1 atom stereocenters. The number of aromatic nitrogens is 1. The number of nitrogens with one attached hydrogen (secondary N) is 2. The zero-order chi connectivity index (χ0) is 17.9. The molecular formula is C16H17F2N5O2. The molecule has 1 aliphatic rings. The van der Waals surface area contributed by atoms with Gasteiger partial charge in [-0.3, -0.25) is 10.7 Å². The van der Waals surface area contributed by atoms with E-state index in [9.17, 15) is 8.78 Å². The number of rotatable bonds is 6. The van der Waals surface area contributed by atoms with Gasteiger partial charge in [-0.2, -0.15) is 0 Å². The van der Waals surface area contributed by atoms with Gasteiger partial charge in [-0.05, 0) is 30.3 Å². The summed E-state index contributed by atoms with van der Waals surface area (Å²) in [6.07, 6.45) is -0.273. The Hall–Kier alpha value is -2.94. The Morgan fingerprint density at radius 1 is 1.36 bits per heavy atom. The number of aliphatic imine (C=N–C) groups is 1. The van der Waals surface area contributed by atoms with Gasteiger partial charge in [0, 0.05) is 17.8 Å². The first kappa shape index (κ1) is 16.9. The number of hydrogen-bond acceptors (Lipinski definition) is 7. The number of anilines is 1. The predicted octanol–water partition coefficient (Wildman–Crippen LogP) is 2.55. The zero-order valence-electron chi connectivity index (χ0n) is 13.4. The SMILES string of the molecule is COc1ccc(-c2cc(NC3=CC=NC(N)(CC(F)F)N3)on2)cc1. The van der Waals surface area contributed by atoms with Crippen molar-refractivity contribution in [2.75, 3.05) is 12.4 Å². The summed E-state index contributed by atoms with van der Waals surface area (Å²) in [5.41, 5.74) is 7.26. The molecule has 2 heterocycles. The molecule has 0 aliphatic carbocycles. The molecule has 0 saturated heterocycles. The van der Waals surface area contributed by atoms with Crippen molar-refractivity contribution in [2.45, 2.75) is 18.6 Å². The number of ether oxygens (including phenoxy) is 1. The van der Waals surface area contributed by atoms with Gasteiger partial charge in [0.15, 0.2) is 5.79 Å². The molecule has 0 fully saturated rings. The van der Waals surface area contributed by atoms with Gasteiger partial charge in [0.1, 0.15) is 17.3 Å². The lowest BCUT2D eigenvalue weighted by molar-refractivity contribution is 0.0988. The van der Waals surface area contributed by atoms with Gasteiger partial charge >= 0.3 is 0 Å². The molecule has 0 saturated carbocycles. The van der Waals surface area contributed by atoms with E-state index in [2.05, 4.69) is 20.8 Å². The molecule has 1 aliphatic heterocycles. The lowest BCUT2D eigenvalue weighted by atomic mass is 10.1. The van der Waals surface area contributed by atoms with Crippen LogP contribution in [0.5, 0.6) is 5.75 Å². The third-order valence-electron chi connectivity index (χ3n) is 3.52. The molecular weight excluding hydrogens is 332 g/mol. The standard InChI is InChI=1S/C16H17F2N5O2/c1-24-11-4-2-10(3-5-11)12-8-15(25-23-12)21-14-6-7-20-16(19,22-14)9-13(17)18/h2-8,13,21-22H,9,19H2,1H3. The first-order valence-corrected chi connectivity index (χ1v) is 7.46. The quantitative estimate of drug-likeness (QED) is 0.741. The first-order chi connectivity index (χ1) is 12.0. The van der Waals surface area contributed by atoms with Crippen LogP contribution in [0.15, 0.2) is 51.7 Å². The number of allylic oxidation sites excluding steroid dienone is 1. The van der Waals surface area contributed by atoms with E-state index in [-0.39, 0.29) is 0 Å². The second-order valence-electron chi connectivity index (χ2n) is 5.43. The second kappa shape index (κ2) is 6.89. The normalized spacial score (nSPS) is 19.5. The van der Waals surface area contributed by atoms with E-state index >= 15 is 0 Å². The molecule has 7 nitrogen and oxygen atoms in total. The van der Waals surface area contributed by atoms with Crippen molar-refractivity contribution in [3.05, 3.63) is 42.2 Å². The highest BCUT2D eigenvalue weighted by atomic mass is 19.3. The number of nitrogens with zero attached hydrogens (tertiary/aromatic N) is 2. The number of nitrogens with two attached hydrogens (primary N) is 1. The van der Waals surface area contributed by atoms with E-state index in [0.717, 1.165) is 11.3 Å². The van der Waals surface area contributed by atoms with Crippen LogP contribution < -0.4 is 21.1 Å². The molecule has 25 heavy (non-hydrogen) atoms. The van der Waals surface area contributed by atoms with Crippen LogP contribution in [0.2, 0.25) is 0 Å². The van der Waals surface area contributed by atoms with Gasteiger partial charge in [-0.15, -0.1) is 0 Å². The molecule has 0 radical (unpaired) electrons. The predicted molar refractivity (Wildman–Crippen MR) is 89.4 cm³/mol. The van der Waals surface area contributed by atoms with Gasteiger partial charge in [-0.1, -0.05) is 5.16 Å². The third kappa shape index (κ3) is 4.13. The van der Waals surface area contributed by atoms with E-state index in [1.54, 1.807) is 19.3 Å². The molecule has 2 aromatic rings. The van der Waals surface area contributed by atoms with Crippen LogP contribution >= 0.6 is 0 Å². The van der Waals surface area contributed by atoms with Crippen LogP contribution in [-0.2, 0) is 0 Å². The number of benzene rings is 1. The Kier molecular flexibility index (Phi) is 4.66. The summed E-state index contributed by atoms with van der Waals surface area (Å²) in [7, 11) is 1.59. The third-order valence-corrected chi connectivity index (χ3v) is 3.52. The number of alkyl halides is 2. The van der Waals surface area contributed by atoms with Crippen molar-refractivity contribution in [3.63, 3.8) is 0 Å². The Balaban J connectivity index is 1.69. The summed E-state index contributed by atoms with van der Waals surface area (Å²) in [5, 5.41) is 9.60. The minimum Gasteiger partial charge on any atom is -0.497 e. The largest absolute Gasteiger partial charge is 0.497 e. The molecule has 1 aromatic heterocycles. The Labute approximate surface area is 142 Å². The molecule has 0 bridgehead atoms. The fraction of sp³-hybridized carbons (Fsp3) is 0.250. The zero-order valence-corrected chi connectivity index (χ0v) is 13.4. The summed E-state index contributed by atoms with van der Waals surface area (Å²) in [4.78, 5) is 3.85. The van der Waals surface area contributed by atoms with E-state index < -0.39 is 18.6 Å². The summed E-state index contributed by atoms with van der Waals surface area (Å²) >= 11 is 0. The highest BCUT2D eigenvalue weighted by Crippen LogP contribution is 2.25. The smallest absolute Gasteiger partial charge is 0.244 e. The van der Waals surface area contributed by atoms with Crippen molar-refractivity contribution in [1.29, 1.82) is 0 Å². The molecule has 1 aromatic carbocycles. The molecule has 3 rings (SSSR count). The van der Waals surface area contributed by atoms with Crippen LogP contribution in [-0.4, -0.2) is 30.7 Å². The van der Waals surface area contributed by atoms with E-state index in [1.807, 2.05) is 24.3 Å². The number of methoxy groups -OCH3 is 1. The Morgan fingerprint density at radius 2 is 2.12 bits per heavy atom. The Morgan fingerprint density at radius 3 is 2.80 bits per heavy atom. The number of hydrogen-bond donors (Lipinski definition) is 3. The molecule has 4 N–H and O–H groups in total. The minimum atomic E-state index is -2.58. The van der Waals surface area contributed by atoms with E-state index in [0.29, 0.717) is 17.4 Å². The maximum atomic E-state index is 12.6. The molecule has 9 heteroatoms. The second-order valence-corrected chi connectivity index (χ2v) is 5.43. The number of halogens is 2. The summed E-state index contributed by atoms with van der Waals surface area (Å²) in [6.45, 7) is 0. The van der Waals surface area contributed by atoms with Gasteiger partial charge in [0.25, 0.3) is 0 Å². The van der Waals surface area contributed by atoms with Crippen molar-refractivity contribution < 1.29 is 18.0 Å². The van der Waals surface area contributed by atoms with Gasteiger partial charge in [0.2, 0.25) is 12.3 Å². The molecule has 1 unspecified atom stereocenters. The summed E-state index contributed by atoms with van der Waals surface area (Å²) in [5.74, 6) is -0.112. The van der Waals surface area contributed by atoms with Gasteiger partial charge in [-0.25, -0.2) is 8.78 Å². The van der Waals surface area contributed by atoms with E-state index in [1.165, 1.54) is 6.21 Å². The van der Waals surface area contributed by atoms with Crippen LogP contribution in [0.1, 0.15) is 6.42 Å². The lowest BCUT2D eigenvalue weighted by Gasteiger charge is -2.30. The van der Waals surface area contributed by atoms with Crippen LogP contribution in [0, 0.1) is 0 Å². The average Bonchev–Trinajstić information content (AvgIpc) is 3.02. The monoisotopic (exact) mass is 349 g/mol. The van der Waals surface area contributed by atoms with Crippen LogP contribution in [0.25, 0.3) is 11.3 Å². The maximum absolute atomic E-state index is 12.6. The topological polar surface area (TPSA) is 97.7 Å². The van der Waals surface area contributed by atoms with Crippen LogP contribution in [0.4, 0.5) is 14.7 Å². The van der Waals surface area contributed by atoms with Crippen molar-refractivity contribution in [3.8, 4) is 17.0 Å². The highest BCUT2D eigenvalue weighted by Gasteiger charge is 2.30. The highest BCUT2D eigenvalue weighted by molar-refractivity contribution is 5.75. The summed E-state index contributed by atoms with van der Waals surface area (Å²) in [6, 6.07) is 9.00. The summed E-state index contributed by atoms with van der Waals surface area (Å²) < 4.78 is 35.5. The fourth-order valence-corrected chi connectivity index (χ4v) is 2.33. The van der Waals surface area contributed by atoms with Gasteiger partial charge in [0.05, 0.1) is 13.5 Å².